The molecule has 0 fully saturated rings. The summed E-state index contributed by atoms with van der Waals surface area (Å²) in [5, 5.41) is 0. The van der Waals surface area contributed by atoms with Crippen molar-refractivity contribution in [2.75, 3.05) is 0 Å². The second-order valence-electron chi connectivity index (χ2n) is 3.50. The number of rotatable bonds is 2. The number of furan rings is 1. The minimum Gasteiger partial charge on any atom is -0.472 e. The number of allylic oxidation sites excluding steroid dienone is 2. The van der Waals surface area contributed by atoms with Crippen LogP contribution in [0.4, 0.5) is 0 Å². The molecule has 0 saturated carbocycles. The maximum Gasteiger partial charge on any atom is 0.146 e. The molecule has 68 valence electrons. The van der Waals surface area contributed by atoms with Crippen LogP contribution in [-0.2, 0) is 4.79 Å². The summed E-state index contributed by atoms with van der Waals surface area (Å²) in [6.07, 6.45) is 6.41. The summed E-state index contributed by atoms with van der Waals surface area (Å²) in [4.78, 5) is 10.8. The lowest BCUT2D eigenvalue weighted by molar-refractivity contribution is -0.105. The maximum atomic E-state index is 10.8. The minimum atomic E-state index is 0.405. The third-order valence-electron chi connectivity index (χ3n) is 2.70. The second-order valence-corrected chi connectivity index (χ2v) is 3.50. The van der Waals surface area contributed by atoms with Crippen LogP contribution < -0.4 is 0 Å². The molecule has 1 aromatic rings. The van der Waals surface area contributed by atoms with Gasteiger partial charge >= 0.3 is 0 Å². The van der Waals surface area contributed by atoms with Gasteiger partial charge in [0.05, 0.1) is 12.5 Å². The van der Waals surface area contributed by atoms with Gasteiger partial charge in [-0.1, -0.05) is 6.92 Å². The van der Waals surface area contributed by atoms with Crippen LogP contribution in [0.1, 0.15) is 25.3 Å². The molecule has 0 aliphatic heterocycles. The van der Waals surface area contributed by atoms with E-state index in [0.717, 1.165) is 35.8 Å². The Labute approximate surface area is 77.2 Å². The predicted molar refractivity (Wildman–Crippen MR) is 50.1 cm³/mol. The van der Waals surface area contributed by atoms with Gasteiger partial charge in [-0.2, -0.15) is 0 Å². The quantitative estimate of drug-likeness (QED) is 0.648. The van der Waals surface area contributed by atoms with Gasteiger partial charge in [-0.05, 0) is 36.0 Å². The van der Waals surface area contributed by atoms with E-state index in [9.17, 15) is 4.79 Å². The van der Waals surface area contributed by atoms with Gasteiger partial charge in [-0.25, -0.2) is 0 Å². The first kappa shape index (κ1) is 8.30. The fourth-order valence-corrected chi connectivity index (χ4v) is 1.89. The van der Waals surface area contributed by atoms with E-state index in [2.05, 4.69) is 6.92 Å². The Morgan fingerprint density at radius 2 is 2.46 bits per heavy atom. The lowest BCUT2D eigenvalue weighted by Gasteiger charge is -2.00. The van der Waals surface area contributed by atoms with E-state index in [1.54, 1.807) is 12.5 Å². The zero-order valence-electron chi connectivity index (χ0n) is 7.62. The highest BCUT2D eigenvalue weighted by Crippen LogP contribution is 2.36. The Bertz CT molecular complexity index is 333. The molecule has 1 aromatic heterocycles. The Hall–Kier alpha value is -1.31. The smallest absolute Gasteiger partial charge is 0.146 e. The molecular formula is C11H12O2. The van der Waals surface area contributed by atoms with Crippen molar-refractivity contribution in [3.63, 3.8) is 0 Å². The maximum absolute atomic E-state index is 10.8. The average Bonchev–Trinajstić information content (AvgIpc) is 2.71. The van der Waals surface area contributed by atoms with Crippen LogP contribution >= 0.6 is 0 Å². The number of hydrogen-bond donors (Lipinski definition) is 0. The highest BCUT2D eigenvalue weighted by molar-refractivity contribution is 5.90. The van der Waals surface area contributed by atoms with Crippen LogP contribution in [0.5, 0.6) is 0 Å². The van der Waals surface area contributed by atoms with Crippen LogP contribution in [0.2, 0.25) is 0 Å². The Morgan fingerprint density at radius 3 is 3.08 bits per heavy atom. The van der Waals surface area contributed by atoms with Crippen molar-refractivity contribution in [2.24, 2.45) is 5.92 Å². The summed E-state index contributed by atoms with van der Waals surface area (Å²) in [7, 11) is 0. The summed E-state index contributed by atoms with van der Waals surface area (Å²) in [5.74, 6) is 0.405. The zero-order valence-corrected chi connectivity index (χ0v) is 7.62. The first-order chi connectivity index (χ1) is 6.33. The third kappa shape index (κ3) is 1.32. The lowest BCUT2D eigenvalue weighted by atomic mass is 10.0. The van der Waals surface area contributed by atoms with E-state index in [1.807, 2.05) is 6.07 Å². The van der Waals surface area contributed by atoms with Crippen LogP contribution in [0, 0.1) is 5.92 Å². The van der Waals surface area contributed by atoms with Gasteiger partial charge in [0.25, 0.3) is 0 Å². The van der Waals surface area contributed by atoms with Crippen LogP contribution in [0.25, 0.3) is 5.57 Å². The van der Waals surface area contributed by atoms with Crippen molar-refractivity contribution < 1.29 is 9.21 Å². The van der Waals surface area contributed by atoms with Gasteiger partial charge in [0.2, 0.25) is 0 Å². The molecule has 2 nitrogen and oxygen atoms in total. The van der Waals surface area contributed by atoms with Gasteiger partial charge in [0.1, 0.15) is 6.29 Å². The molecule has 1 heterocycles. The SMILES string of the molecule is CC1CCC(c2ccoc2)=C1C=O. The first-order valence-electron chi connectivity index (χ1n) is 4.53. The molecule has 0 N–H and O–H groups in total. The molecule has 0 spiro atoms. The minimum absolute atomic E-state index is 0.405. The third-order valence-corrected chi connectivity index (χ3v) is 2.70. The first-order valence-corrected chi connectivity index (χ1v) is 4.53. The molecular weight excluding hydrogens is 164 g/mol. The Balaban J connectivity index is 2.42. The van der Waals surface area contributed by atoms with Gasteiger partial charge in [-0.3, -0.25) is 4.79 Å². The van der Waals surface area contributed by atoms with Crippen LogP contribution in [-0.4, -0.2) is 6.29 Å². The molecule has 1 aliphatic rings. The van der Waals surface area contributed by atoms with Crippen molar-refractivity contribution >= 4 is 11.9 Å². The normalized spacial score (nSPS) is 22.4. The van der Waals surface area contributed by atoms with E-state index in [4.69, 9.17) is 4.42 Å². The summed E-state index contributed by atoms with van der Waals surface area (Å²) < 4.78 is 5.00. The van der Waals surface area contributed by atoms with Gasteiger partial charge in [-0.15, -0.1) is 0 Å². The molecule has 1 atom stereocenters. The molecule has 0 amide bonds. The molecule has 2 rings (SSSR count). The molecule has 2 heteroatoms. The number of aldehydes is 1. The fourth-order valence-electron chi connectivity index (χ4n) is 1.89. The molecule has 0 aromatic carbocycles. The highest BCUT2D eigenvalue weighted by Gasteiger charge is 2.22. The van der Waals surface area contributed by atoms with E-state index < -0.39 is 0 Å². The Morgan fingerprint density at radius 1 is 1.62 bits per heavy atom. The zero-order chi connectivity index (χ0) is 9.26. The van der Waals surface area contributed by atoms with E-state index >= 15 is 0 Å². The van der Waals surface area contributed by atoms with E-state index in [-0.39, 0.29) is 0 Å². The standard InChI is InChI=1S/C11H12O2/c1-8-2-3-10(11(8)6-12)9-4-5-13-7-9/h4-8H,2-3H2,1H3. The molecule has 0 radical (unpaired) electrons. The molecule has 13 heavy (non-hydrogen) atoms. The van der Waals surface area contributed by atoms with Crippen molar-refractivity contribution in [3.8, 4) is 0 Å². The Kier molecular flexibility index (Phi) is 2.05. The monoisotopic (exact) mass is 176 g/mol. The van der Waals surface area contributed by atoms with Crippen molar-refractivity contribution in [1.29, 1.82) is 0 Å². The lowest BCUT2D eigenvalue weighted by Crippen LogP contribution is -1.94. The van der Waals surface area contributed by atoms with Crippen molar-refractivity contribution in [3.05, 3.63) is 29.7 Å². The highest BCUT2D eigenvalue weighted by atomic mass is 16.3. The van der Waals surface area contributed by atoms with Crippen LogP contribution in [0.3, 0.4) is 0 Å². The number of hydrogen-bond acceptors (Lipinski definition) is 2. The number of carbonyl (C=O) groups excluding carboxylic acids is 1. The molecule has 1 unspecified atom stereocenters. The van der Waals surface area contributed by atoms with Crippen molar-refractivity contribution in [2.45, 2.75) is 19.8 Å². The van der Waals surface area contributed by atoms with E-state index in [0.29, 0.717) is 5.92 Å². The summed E-state index contributed by atoms with van der Waals surface area (Å²) in [6.45, 7) is 2.09. The van der Waals surface area contributed by atoms with Gasteiger partial charge in [0.15, 0.2) is 0 Å². The van der Waals surface area contributed by atoms with Gasteiger partial charge < -0.3 is 4.42 Å². The summed E-state index contributed by atoms with van der Waals surface area (Å²) in [6, 6.07) is 1.91. The van der Waals surface area contributed by atoms with Crippen molar-refractivity contribution in [1.82, 2.24) is 0 Å². The fraction of sp³-hybridized carbons (Fsp3) is 0.364. The predicted octanol–water partition coefficient (Wildman–Crippen LogP) is 2.66. The second kappa shape index (κ2) is 3.21. The summed E-state index contributed by atoms with van der Waals surface area (Å²) >= 11 is 0. The van der Waals surface area contributed by atoms with Gasteiger partial charge in [0, 0.05) is 5.56 Å². The largest absolute Gasteiger partial charge is 0.472 e. The topological polar surface area (TPSA) is 30.2 Å². The van der Waals surface area contributed by atoms with E-state index in [1.165, 1.54) is 0 Å². The molecule has 0 bridgehead atoms. The number of carbonyl (C=O) groups is 1. The van der Waals surface area contributed by atoms with Crippen LogP contribution in [0.15, 0.2) is 28.6 Å². The molecule has 0 saturated heterocycles. The molecule has 1 aliphatic carbocycles. The summed E-state index contributed by atoms with van der Waals surface area (Å²) in [5.41, 5.74) is 3.17. The average molecular weight is 176 g/mol.